The van der Waals surface area contributed by atoms with E-state index in [-0.39, 0.29) is 11.6 Å². The number of hydrogen-bond acceptors (Lipinski definition) is 2. The highest BCUT2D eigenvalue weighted by molar-refractivity contribution is 6.31. The molecule has 2 N–H and O–H groups in total. The minimum absolute atomic E-state index is 0.0124. The van der Waals surface area contributed by atoms with Crippen molar-refractivity contribution in [3.63, 3.8) is 0 Å². The van der Waals surface area contributed by atoms with Crippen LogP contribution in [0.4, 0.5) is 0 Å². The number of halogens is 1. The van der Waals surface area contributed by atoms with Gasteiger partial charge in [-0.05, 0) is 57.0 Å². The SMILES string of the molecule is Cc1ccc(C(N)C2(N(C)C)CCCC(C)C2)cc1Cl. The summed E-state index contributed by atoms with van der Waals surface area (Å²) in [6, 6.07) is 6.27. The van der Waals surface area contributed by atoms with E-state index in [0.717, 1.165) is 34.9 Å². The van der Waals surface area contributed by atoms with E-state index in [4.69, 9.17) is 17.3 Å². The molecule has 0 bridgehead atoms. The van der Waals surface area contributed by atoms with Crippen molar-refractivity contribution in [3.8, 4) is 0 Å². The molecule has 0 heterocycles. The summed E-state index contributed by atoms with van der Waals surface area (Å²) in [6.45, 7) is 4.37. The van der Waals surface area contributed by atoms with Gasteiger partial charge in [0.05, 0.1) is 0 Å². The Labute approximate surface area is 128 Å². The van der Waals surface area contributed by atoms with Gasteiger partial charge in [0.25, 0.3) is 0 Å². The second-order valence-electron chi connectivity index (χ2n) is 6.69. The Morgan fingerprint density at radius 2 is 2.10 bits per heavy atom. The molecular formula is C17H27ClN2. The average molecular weight is 295 g/mol. The number of rotatable bonds is 3. The highest BCUT2D eigenvalue weighted by Gasteiger charge is 2.42. The Morgan fingerprint density at radius 1 is 1.40 bits per heavy atom. The molecule has 0 saturated heterocycles. The fraction of sp³-hybridized carbons (Fsp3) is 0.647. The van der Waals surface area contributed by atoms with Crippen LogP contribution in [0.2, 0.25) is 5.02 Å². The third kappa shape index (κ3) is 2.88. The smallest absolute Gasteiger partial charge is 0.0482 e. The van der Waals surface area contributed by atoms with Gasteiger partial charge in [-0.3, -0.25) is 0 Å². The number of aryl methyl sites for hydroxylation is 1. The molecule has 1 aliphatic rings. The summed E-state index contributed by atoms with van der Waals surface area (Å²) >= 11 is 6.28. The Bertz CT molecular complexity index is 472. The van der Waals surface area contributed by atoms with Gasteiger partial charge in [0.15, 0.2) is 0 Å². The number of nitrogens with zero attached hydrogens (tertiary/aromatic N) is 1. The second-order valence-corrected chi connectivity index (χ2v) is 7.09. The van der Waals surface area contributed by atoms with Crippen LogP contribution in [0.15, 0.2) is 18.2 Å². The first-order valence-electron chi connectivity index (χ1n) is 7.56. The van der Waals surface area contributed by atoms with Crippen LogP contribution in [-0.2, 0) is 0 Å². The molecule has 3 atom stereocenters. The van der Waals surface area contributed by atoms with Crippen molar-refractivity contribution >= 4 is 11.6 Å². The fourth-order valence-corrected chi connectivity index (χ4v) is 3.83. The van der Waals surface area contributed by atoms with Crippen molar-refractivity contribution in [3.05, 3.63) is 34.3 Å². The Kier molecular flexibility index (Phi) is 4.78. The largest absolute Gasteiger partial charge is 0.322 e. The van der Waals surface area contributed by atoms with Crippen LogP contribution in [0.1, 0.15) is 49.8 Å². The van der Waals surface area contributed by atoms with E-state index < -0.39 is 0 Å². The van der Waals surface area contributed by atoms with E-state index in [1.165, 1.54) is 12.8 Å². The molecule has 1 aromatic carbocycles. The normalized spacial score (nSPS) is 28.6. The summed E-state index contributed by atoms with van der Waals surface area (Å²) in [4.78, 5) is 2.33. The predicted octanol–water partition coefficient (Wildman–Crippen LogP) is 4.16. The molecule has 0 amide bonds. The monoisotopic (exact) mass is 294 g/mol. The van der Waals surface area contributed by atoms with Crippen molar-refractivity contribution in [1.29, 1.82) is 0 Å². The minimum atomic E-state index is 0.0124. The number of nitrogens with two attached hydrogens (primary N) is 1. The lowest BCUT2D eigenvalue weighted by Gasteiger charge is -2.49. The Morgan fingerprint density at radius 3 is 2.65 bits per heavy atom. The third-order valence-corrected chi connectivity index (χ3v) is 5.44. The summed E-state index contributed by atoms with van der Waals surface area (Å²) < 4.78 is 0. The predicted molar refractivity (Wildman–Crippen MR) is 87.2 cm³/mol. The van der Waals surface area contributed by atoms with E-state index in [0.29, 0.717) is 0 Å². The standard InChI is InChI=1S/C17H27ClN2/c1-12-6-5-9-17(11-12,20(3)4)16(19)14-8-7-13(2)15(18)10-14/h7-8,10,12,16H,5-6,9,11,19H2,1-4H3. The highest BCUT2D eigenvalue weighted by atomic mass is 35.5. The first kappa shape index (κ1) is 15.8. The Balaban J connectivity index is 2.35. The van der Waals surface area contributed by atoms with Crippen molar-refractivity contribution in [1.82, 2.24) is 4.90 Å². The molecule has 1 aromatic rings. The van der Waals surface area contributed by atoms with E-state index in [2.05, 4.69) is 38.1 Å². The van der Waals surface area contributed by atoms with Gasteiger partial charge >= 0.3 is 0 Å². The lowest BCUT2D eigenvalue weighted by molar-refractivity contribution is 0.0499. The van der Waals surface area contributed by atoms with Gasteiger partial charge in [-0.2, -0.15) is 0 Å². The topological polar surface area (TPSA) is 29.3 Å². The van der Waals surface area contributed by atoms with Gasteiger partial charge in [0, 0.05) is 16.6 Å². The maximum atomic E-state index is 6.69. The van der Waals surface area contributed by atoms with Crippen LogP contribution in [0.3, 0.4) is 0 Å². The van der Waals surface area contributed by atoms with Crippen LogP contribution in [-0.4, -0.2) is 24.5 Å². The zero-order valence-electron chi connectivity index (χ0n) is 13.1. The fourth-order valence-electron chi connectivity index (χ4n) is 3.64. The minimum Gasteiger partial charge on any atom is -0.322 e. The zero-order valence-corrected chi connectivity index (χ0v) is 13.9. The molecule has 1 aliphatic carbocycles. The molecule has 1 saturated carbocycles. The number of benzene rings is 1. The van der Waals surface area contributed by atoms with Crippen molar-refractivity contribution in [2.75, 3.05) is 14.1 Å². The van der Waals surface area contributed by atoms with Gasteiger partial charge in [0.1, 0.15) is 0 Å². The van der Waals surface area contributed by atoms with E-state index in [1.54, 1.807) is 0 Å². The summed E-state index contributed by atoms with van der Waals surface area (Å²) in [5, 5.41) is 0.815. The van der Waals surface area contributed by atoms with E-state index >= 15 is 0 Å². The molecule has 20 heavy (non-hydrogen) atoms. The first-order valence-corrected chi connectivity index (χ1v) is 7.93. The van der Waals surface area contributed by atoms with Crippen LogP contribution in [0.5, 0.6) is 0 Å². The second kappa shape index (κ2) is 6.05. The van der Waals surface area contributed by atoms with Crippen LogP contribution < -0.4 is 5.73 Å². The maximum Gasteiger partial charge on any atom is 0.0482 e. The maximum absolute atomic E-state index is 6.69. The summed E-state index contributed by atoms with van der Waals surface area (Å²) in [7, 11) is 4.32. The lowest BCUT2D eigenvalue weighted by atomic mass is 9.70. The molecule has 0 aliphatic heterocycles. The molecule has 3 unspecified atom stereocenters. The molecule has 1 fully saturated rings. The van der Waals surface area contributed by atoms with Crippen molar-refractivity contribution in [2.45, 2.75) is 51.1 Å². The van der Waals surface area contributed by atoms with Gasteiger partial charge in [-0.1, -0.05) is 43.5 Å². The van der Waals surface area contributed by atoms with Gasteiger partial charge in [-0.15, -0.1) is 0 Å². The zero-order chi connectivity index (χ0) is 14.9. The quantitative estimate of drug-likeness (QED) is 0.907. The van der Waals surface area contributed by atoms with E-state index in [9.17, 15) is 0 Å². The molecule has 0 aromatic heterocycles. The van der Waals surface area contributed by atoms with Crippen molar-refractivity contribution in [2.24, 2.45) is 11.7 Å². The van der Waals surface area contributed by atoms with Gasteiger partial charge in [-0.25, -0.2) is 0 Å². The van der Waals surface area contributed by atoms with E-state index in [1.807, 2.05) is 13.0 Å². The third-order valence-electron chi connectivity index (χ3n) is 5.03. The molecule has 2 nitrogen and oxygen atoms in total. The van der Waals surface area contributed by atoms with Crippen LogP contribution >= 0.6 is 11.6 Å². The average Bonchev–Trinajstić information content (AvgIpc) is 2.40. The van der Waals surface area contributed by atoms with Crippen LogP contribution in [0.25, 0.3) is 0 Å². The highest BCUT2D eigenvalue weighted by Crippen LogP contribution is 2.43. The first-order chi connectivity index (χ1) is 9.36. The van der Waals surface area contributed by atoms with Crippen LogP contribution in [0, 0.1) is 12.8 Å². The number of likely N-dealkylation sites (N-methyl/N-ethyl adjacent to an activating group) is 1. The lowest BCUT2D eigenvalue weighted by Crippen LogP contribution is -2.54. The summed E-state index contributed by atoms with van der Waals surface area (Å²) in [6.07, 6.45) is 4.90. The molecule has 0 radical (unpaired) electrons. The summed E-state index contributed by atoms with van der Waals surface area (Å²) in [5.74, 6) is 0.734. The molecule has 3 heteroatoms. The molecule has 2 rings (SSSR count). The molecular weight excluding hydrogens is 268 g/mol. The Hall–Kier alpha value is -0.570. The van der Waals surface area contributed by atoms with Gasteiger partial charge < -0.3 is 10.6 Å². The van der Waals surface area contributed by atoms with Gasteiger partial charge in [0.2, 0.25) is 0 Å². The molecule has 0 spiro atoms. The van der Waals surface area contributed by atoms with Crippen molar-refractivity contribution < 1.29 is 0 Å². The summed E-state index contributed by atoms with van der Waals surface area (Å²) in [5.41, 5.74) is 9.00. The number of hydrogen-bond donors (Lipinski definition) is 1. The molecule has 112 valence electrons.